The highest BCUT2D eigenvalue weighted by atomic mass is 16.5. The predicted molar refractivity (Wildman–Crippen MR) is 106 cm³/mol. The minimum Gasteiger partial charge on any atom is -0.496 e. The van der Waals surface area contributed by atoms with Crippen LogP contribution < -0.4 is 10.1 Å². The number of hydrogen-bond donors (Lipinski definition) is 1. The third-order valence-corrected chi connectivity index (χ3v) is 5.64. The van der Waals surface area contributed by atoms with Crippen molar-refractivity contribution in [1.29, 1.82) is 0 Å². The Bertz CT molecular complexity index is 876. The molecule has 1 fully saturated rings. The van der Waals surface area contributed by atoms with Crippen molar-refractivity contribution in [3.63, 3.8) is 0 Å². The number of aryl methyl sites for hydroxylation is 1. The van der Waals surface area contributed by atoms with Gasteiger partial charge in [-0.3, -0.25) is 4.79 Å². The first kappa shape index (κ1) is 16.9. The second kappa shape index (κ2) is 6.99. The maximum atomic E-state index is 12.5. The number of nitrogens with one attached hydrogen (secondary N) is 1. The Balaban J connectivity index is 1.75. The van der Waals surface area contributed by atoms with Gasteiger partial charge in [0.2, 0.25) is 0 Å². The van der Waals surface area contributed by atoms with E-state index in [0.29, 0.717) is 5.92 Å². The van der Waals surface area contributed by atoms with Crippen molar-refractivity contribution in [3.8, 4) is 5.75 Å². The third kappa shape index (κ3) is 3.03. The summed E-state index contributed by atoms with van der Waals surface area (Å²) < 4.78 is 5.62. The highest BCUT2D eigenvalue weighted by molar-refractivity contribution is 6.35. The van der Waals surface area contributed by atoms with Crippen molar-refractivity contribution >= 4 is 23.2 Å². The van der Waals surface area contributed by atoms with Crippen LogP contribution in [0.1, 0.15) is 60.3 Å². The van der Waals surface area contributed by atoms with Crippen LogP contribution in [-0.4, -0.2) is 13.0 Å². The van der Waals surface area contributed by atoms with Crippen LogP contribution in [-0.2, 0) is 4.79 Å². The number of hydrogen-bond acceptors (Lipinski definition) is 2. The number of anilines is 1. The van der Waals surface area contributed by atoms with Gasteiger partial charge in [0.15, 0.2) is 0 Å². The van der Waals surface area contributed by atoms with Crippen molar-refractivity contribution in [2.45, 2.75) is 44.9 Å². The number of carbonyl (C=O) groups is 1. The van der Waals surface area contributed by atoms with Crippen LogP contribution in [0.3, 0.4) is 0 Å². The molecule has 0 bridgehead atoms. The zero-order valence-corrected chi connectivity index (χ0v) is 15.5. The maximum absolute atomic E-state index is 12.5. The highest BCUT2D eigenvalue weighted by Crippen LogP contribution is 2.39. The molecule has 0 atom stereocenters. The van der Waals surface area contributed by atoms with Crippen molar-refractivity contribution in [2.24, 2.45) is 0 Å². The smallest absolute Gasteiger partial charge is 0.256 e. The molecular weight excluding hydrogens is 322 g/mol. The van der Waals surface area contributed by atoms with Crippen molar-refractivity contribution in [2.75, 3.05) is 12.4 Å². The lowest BCUT2D eigenvalue weighted by Gasteiger charge is -2.24. The number of amides is 1. The Hall–Kier alpha value is -2.55. The number of methoxy groups -OCH3 is 1. The Morgan fingerprint density at radius 3 is 2.69 bits per heavy atom. The molecule has 0 spiro atoms. The summed E-state index contributed by atoms with van der Waals surface area (Å²) in [7, 11) is 1.74. The van der Waals surface area contributed by atoms with Gasteiger partial charge in [-0.1, -0.05) is 37.5 Å². The first-order chi connectivity index (χ1) is 12.7. The largest absolute Gasteiger partial charge is 0.496 e. The summed E-state index contributed by atoms with van der Waals surface area (Å²) in [5.41, 5.74) is 6.14. The molecule has 1 aliphatic carbocycles. The topological polar surface area (TPSA) is 38.3 Å². The Labute approximate surface area is 155 Å². The molecule has 0 aromatic heterocycles. The van der Waals surface area contributed by atoms with Crippen LogP contribution in [0.25, 0.3) is 11.6 Å². The lowest BCUT2D eigenvalue weighted by atomic mass is 9.83. The first-order valence-corrected chi connectivity index (χ1v) is 9.48. The van der Waals surface area contributed by atoms with Crippen LogP contribution in [0.2, 0.25) is 0 Å². The highest BCUT2D eigenvalue weighted by Gasteiger charge is 2.26. The minimum absolute atomic E-state index is 0.0238. The first-order valence-electron chi connectivity index (χ1n) is 9.48. The molecule has 0 unspecified atom stereocenters. The monoisotopic (exact) mass is 347 g/mol. The summed E-state index contributed by atoms with van der Waals surface area (Å²) in [6, 6.07) is 12.3. The fourth-order valence-electron chi connectivity index (χ4n) is 4.31. The van der Waals surface area contributed by atoms with Crippen molar-refractivity contribution in [3.05, 3.63) is 58.7 Å². The molecule has 2 aliphatic rings. The zero-order chi connectivity index (χ0) is 18.1. The van der Waals surface area contributed by atoms with E-state index in [1.54, 1.807) is 7.11 Å². The third-order valence-electron chi connectivity index (χ3n) is 5.64. The quantitative estimate of drug-likeness (QED) is 0.740. The molecular formula is C23H25NO2. The molecule has 0 saturated heterocycles. The SMILES string of the molecule is COc1ccc(C=C2C(=O)Nc3cccc(C)c32)cc1C1CCCCC1. The van der Waals surface area contributed by atoms with Gasteiger partial charge in [0.25, 0.3) is 5.91 Å². The van der Waals surface area contributed by atoms with E-state index in [-0.39, 0.29) is 5.91 Å². The number of fused-ring (bicyclic) bond motifs is 1. The normalized spacial score (nSPS) is 18.7. The fourth-order valence-corrected chi connectivity index (χ4v) is 4.31. The van der Waals surface area contributed by atoms with Crippen molar-refractivity contribution < 1.29 is 9.53 Å². The van der Waals surface area contributed by atoms with Crippen LogP contribution in [0.15, 0.2) is 36.4 Å². The van der Waals surface area contributed by atoms with E-state index in [9.17, 15) is 4.79 Å². The van der Waals surface area contributed by atoms with Crippen LogP contribution in [0.4, 0.5) is 5.69 Å². The molecule has 1 amide bonds. The molecule has 1 heterocycles. The van der Waals surface area contributed by atoms with Crippen molar-refractivity contribution in [1.82, 2.24) is 0 Å². The molecule has 2 aromatic rings. The lowest BCUT2D eigenvalue weighted by molar-refractivity contribution is -0.110. The van der Waals surface area contributed by atoms with E-state index in [2.05, 4.69) is 24.4 Å². The Morgan fingerprint density at radius 1 is 1.12 bits per heavy atom. The summed E-state index contributed by atoms with van der Waals surface area (Å²) in [6.45, 7) is 2.05. The van der Waals surface area contributed by atoms with Gasteiger partial charge in [-0.15, -0.1) is 0 Å². The average Bonchev–Trinajstić information content (AvgIpc) is 2.99. The van der Waals surface area contributed by atoms with E-state index in [1.807, 2.05) is 30.3 Å². The summed E-state index contributed by atoms with van der Waals surface area (Å²) in [6.07, 6.45) is 8.36. The van der Waals surface area contributed by atoms with Gasteiger partial charge in [-0.25, -0.2) is 0 Å². The molecule has 134 valence electrons. The molecule has 1 N–H and O–H groups in total. The Kier molecular flexibility index (Phi) is 4.54. The van der Waals surface area contributed by atoms with Gasteiger partial charge < -0.3 is 10.1 Å². The Morgan fingerprint density at radius 2 is 1.92 bits per heavy atom. The zero-order valence-electron chi connectivity index (χ0n) is 15.5. The number of ether oxygens (including phenoxy) is 1. The summed E-state index contributed by atoms with van der Waals surface area (Å²) in [4.78, 5) is 12.5. The van der Waals surface area contributed by atoms with Gasteiger partial charge in [0.1, 0.15) is 5.75 Å². The van der Waals surface area contributed by atoms with Gasteiger partial charge in [0.05, 0.1) is 7.11 Å². The molecule has 1 saturated carbocycles. The molecule has 3 nitrogen and oxygen atoms in total. The lowest BCUT2D eigenvalue weighted by Crippen LogP contribution is -2.07. The molecule has 4 rings (SSSR count). The van der Waals surface area contributed by atoms with Crippen LogP contribution in [0.5, 0.6) is 5.75 Å². The second-order valence-electron chi connectivity index (χ2n) is 7.35. The van der Waals surface area contributed by atoms with Gasteiger partial charge in [-0.2, -0.15) is 0 Å². The predicted octanol–water partition coefficient (Wildman–Crippen LogP) is 5.54. The number of carbonyl (C=O) groups excluding carboxylic acids is 1. The summed E-state index contributed by atoms with van der Waals surface area (Å²) in [5, 5.41) is 2.98. The summed E-state index contributed by atoms with van der Waals surface area (Å²) in [5.74, 6) is 1.50. The van der Waals surface area contributed by atoms with Gasteiger partial charge in [-0.05, 0) is 66.6 Å². The molecule has 3 heteroatoms. The molecule has 26 heavy (non-hydrogen) atoms. The standard InChI is InChI=1S/C23H25NO2/c1-15-7-6-10-20-22(15)19(23(25)24-20)14-16-11-12-21(26-2)18(13-16)17-8-4-3-5-9-17/h6-7,10-14,17H,3-5,8-9H2,1-2H3,(H,24,25). The van der Waals surface area contributed by atoms with E-state index in [0.717, 1.165) is 33.7 Å². The van der Waals surface area contributed by atoms with Crippen LogP contribution in [0, 0.1) is 6.92 Å². The maximum Gasteiger partial charge on any atom is 0.256 e. The minimum atomic E-state index is -0.0238. The van der Waals surface area contributed by atoms with E-state index >= 15 is 0 Å². The van der Waals surface area contributed by atoms with E-state index < -0.39 is 0 Å². The number of benzene rings is 2. The average molecular weight is 347 g/mol. The number of rotatable bonds is 3. The second-order valence-corrected chi connectivity index (χ2v) is 7.35. The van der Waals surface area contributed by atoms with Crippen LogP contribution >= 0.6 is 0 Å². The van der Waals surface area contributed by atoms with Gasteiger partial charge >= 0.3 is 0 Å². The summed E-state index contributed by atoms with van der Waals surface area (Å²) >= 11 is 0. The van der Waals surface area contributed by atoms with Gasteiger partial charge in [0, 0.05) is 16.8 Å². The van der Waals surface area contributed by atoms with E-state index in [1.165, 1.54) is 37.7 Å². The molecule has 2 aromatic carbocycles. The van der Waals surface area contributed by atoms with E-state index in [4.69, 9.17) is 4.74 Å². The molecule has 0 radical (unpaired) electrons. The molecule has 1 aliphatic heterocycles. The fraction of sp³-hybridized carbons (Fsp3) is 0.348.